The summed E-state index contributed by atoms with van der Waals surface area (Å²) in [5.41, 5.74) is 0.198. The summed E-state index contributed by atoms with van der Waals surface area (Å²) in [6.07, 6.45) is -2.57. The van der Waals surface area contributed by atoms with E-state index in [0.717, 1.165) is 0 Å². The van der Waals surface area contributed by atoms with Crippen LogP contribution in [0.5, 0.6) is 11.5 Å². The first-order valence-electron chi connectivity index (χ1n) is 12.2. The van der Waals surface area contributed by atoms with Gasteiger partial charge in [0.15, 0.2) is 0 Å². The van der Waals surface area contributed by atoms with Crippen molar-refractivity contribution < 1.29 is 47.8 Å². The topological polar surface area (TPSA) is 165 Å². The number of methoxy groups -OCH3 is 1. The van der Waals surface area contributed by atoms with E-state index in [4.69, 9.17) is 23.2 Å². The quantitative estimate of drug-likeness (QED) is 0.165. The molecule has 2 rings (SSSR count). The predicted octanol–water partition coefficient (Wildman–Crippen LogP) is 1.94. The van der Waals surface area contributed by atoms with Gasteiger partial charge in [-0.2, -0.15) is 0 Å². The van der Waals surface area contributed by atoms with Crippen LogP contribution in [0.25, 0.3) is 0 Å². The molecular weight excluding hydrogens is 432 g/mol. The second-order valence-electron chi connectivity index (χ2n) is 6.17. The number of aliphatic hydroxyl groups excluding tert-OH is 1. The van der Waals surface area contributed by atoms with Crippen molar-refractivity contribution in [3.8, 4) is 11.5 Å². The normalized spacial score (nSPS) is 16.7. The largest absolute Gasteiger partial charge is 0.506 e. The van der Waals surface area contributed by atoms with Crippen LogP contribution in [0.3, 0.4) is 0 Å². The lowest BCUT2D eigenvalue weighted by Gasteiger charge is -2.18. The first-order valence-corrected chi connectivity index (χ1v) is 9.24. The van der Waals surface area contributed by atoms with Crippen molar-refractivity contribution in [1.29, 1.82) is 0 Å². The minimum absolute atomic E-state index is 0.0353. The molecule has 0 aliphatic carbocycles. The average Bonchev–Trinajstić information content (AvgIpc) is 2.86. The van der Waals surface area contributed by atoms with Crippen LogP contribution in [0.4, 0.5) is 5.69 Å². The number of anilines is 1. The maximum Gasteiger partial charge on any atom is 0.328 e. The number of carbonyl (C=O) groups is 3. The van der Waals surface area contributed by atoms with Crippen LogP contribution >= 0.6 is 0 Å². The van der Waals surface area contributed by atoms with Crippen LogP contribution in [0.15, 0.2) is 54.6 Å². The molecule has 1 amide bonds. The van der Waals surface area contributed by atoms with Crippen LogP contribution in [-0.4, -0.2) is 58.4 Å². The van der Waals surface area contributed by atoms with Crippen molar-refractivity contribution in [2.24, 2.45) is 0 Å². The number of phenolic OH excluding ortho intramolecular Hbond substituents is 1. The number of hydrogen-bond donors (Lipinski definition) is 6. The van der Waals surface area contributed by atoms with E-state index in [1.54, 1.807) is 0 Å². The Balaban J connectivity index is 0.000000824. The van der Waals surface area contributed by atoms with E-state index in [-0.39, 0.29) is 22.6 Å². The lowest BCUT2D eigenvalue weighted by atomic mass is 10.1. The number of carboxylic acids is 2. The number of ether oxygens (including phenoxy) is 1. The number of aromatic hydroxyl groups is 1. The maximum absolute atomic E-state index is 10.6. The fourth-order valence-corrected chi connectivity index (χ4v) is 2.26. The highest BCUT2D eigenvalue weighted by molar-refractivity contribution is 5.89. The van der Waals surface area contributed by atoms with Crippen LogP contribution in [0.2, 0.25) is 0 Å². The zero-order chi connectivity index (χ0) is 30.0. The van der Waals surface area contributed by atoms with Gasteiger partial charge in [-0.3, -0.25) is 4.79 Å². The van der Waals surface area contributed by atoms with Gasteiger partial charge in [-0.25, -0.2) is 9.59 Å². The number of nitrogens with one attached hydrogen (secondary N) is 2. The highest BCUT2D eigenvalue weighted by Gasteiger charge is 2.12. The van der Waals surface area contributed by atoms with E-state index in [2.05, 4.69) is 10.6 Å². The smallest absolute Gasteiger partial charge is 0.328 e. The van der Waals surface area contributed by atoms with Crippen LogP contribution in [0, 0.1) is 0 Å². The van der Waals surface area contributed by atoms with E-state index in [1.165, 1.54) is 49.6 Å². The van der Waals surface area contributed by atoms with Crippen molar-refractivity contribution in [2.75, 3.05) is 19.0 Å². The van der Waals surface area contributed by atoms with Crippen LogP contribution in [0.1, 0.15) is 32.3 Å². The number of rotatable bonds is 11. The summed E-state index contributed by atoms with van der Waals surface area (Å²) in [6, 6.07) is 6.66. The van der Waals surface area contributed by atoms with Gasteiger partial charge in [-0.1, -0.05) is 18.2 Å². The Hall–Kier alpha value is -3.89. The van der Waals surface area contributed by atoms with Crippen LogP contribution in [-0.2, 0) is 20.8 Å². The molecular formula is C23H28N2O8. The Morgan fingerprint density at radius 3 is 2.33 bits per heavy atom. The fourth-order valence-electron chi connectivity index (χ4n) is 2.26. The lowest BCUT2D eigenvalue weighted by molar-refractivity contribution is -0.134. The van der Waals surface area contributed by atoms with Crippen molar-refractivity contribution in [3.63, 3.8) is 0 Å². The molecule has 0 bridgehead atoms. The molecule has 1 unspecified atom stereocenters. The van der Waals surface area contributed by atoms with E-state index in [0.29, 0.717) is 24.3 Å². The molecule has 0 aliphatic heterocycles. The molecule has 33 heavy (non-hydrogen) atoms. The first-order chi connectivity index (χ1) is 18.0. The molecule has 0 aromatic heterocycles. The highest BCUT2D eigenvalue weighted by Crippen LogP contribution is 2.26. The Morgan fingerprint density at radius 1 is 1.18 bits per heavy atom. The van der Waals surface area contributed by atoms with Crippen LogP contribution < -0.4 is 15.4 Å². The molecule has 2 aromatic rings. The van der Waals surface area contributed by atoms with Crippen molar-refractivity contribution in [3.05, 3.63) is 65.7 Å². The highest BCUT2D eigenvalue weighted by atomic mass is 16.5. The van der Waals surface area contributed by atoms with Gasteiger partial charge in [0.2, 0.25) is 6.41 Å². The summed E-state index contributed by atoms with van der Waals surface area (Å²) in [5.74, 6) is -2.30. The van der Waals surface area contributed by atoms with Crippen molar-refractivity contribution >= 4 is 24.0 Å². The predicted molar refractivity (Wildman–Crippen MR) is 121 cm³/mol. The van der Waals surface area contributed by atoms with E-state index in [9.17, 15) is 24.6 Å². The summed E-state index contributed by atoms with van der Waals surface area (Å²) in [5, 5.41) is 40.4. The molecule has 10 heteroatoms. The van der Waals surface area contributed by atoms with E-state index < -0.39 is 43.8 Å². The third-order valence-corrected chi connectivity index (χ3v) is 3.82. The minimum Gasteiger partial charge on any atom is -0.506 e. The van der Waals surface area contributed by atoms with E-state index >= 15 is 0 Å². The van der Waals surface area contributed by atoms with Gasteiger partial charge in [0.25, 0.3) is 0 Å². The number of benzene rings is 2. The monoisotopic (exact) mass is 466 g/mol. The molecule has 0 aliphatic rings. The maximum atomic E-state index is 10.6. The summed E-state index contributed by atoms with van der Waals surface area (Å²) < 4.78 is 53.8. The number of carbonyl (C=O) groups excluding carboxylic acids is 1. The van der Waals surface area contributed by atoms with Crippen molar-refractivity contribution in [1.82, 2.24) is 5.32 Å². The molecule has 0 spiro atoms. The second-order valence-corrected chi connectivity index (χ2v) is 6.17. The zero-order valence-corrected chi connectivity index (χ0v) is 17.5. The van der Waals surface area contributed by atoms with Gasteiger partial charge in [0, 0.05) is 32.9 Å². The van der Waals surface area contributed by atoms with Crippen molar-refractivity contribution in [2.45, 2.75) is 25.3 Å². The Labute approximate surface area is 199 Å². The van der Waals surface area contributed by atoms with Gasteiger partial charge in [0.05, 0.1) is 18.9 Å². The number of aliphatic hydroxyl groups is 1. The van der Waals surface area contributed by atoms with Gasteiger partial charge in [-0.05, 0) is 48.6 Å². The summed E-state index contributed by atoms with van der Waals surface area (Å²) >= 11 is 0. The third kappa shape index (κ3) is 10.8. The average molecular weight is 467 g/mol. The lowest BCUT2D eigenvalue weighted by Crippen LogP contribution is -2.32. The fraction of sp³-hybridized carbons (Fsp3) is 0.261. The van der Waals surface area contributed by atoms with Gasteiger partial charge < -0.3 is 35.8 Å². The van der Waals surface area contributed by atoms with Gasteiger partial charge in [-0.15, -0.1) is 0 Å². The molecule has 10 nitrogen and oxygen atoms in total. The molecule has 0 fully saturated rings. The number of carboxylic acid groups (broad SMARTS) is 2. The molecule has 2 atom stereocenters. The third-order valence-electron chi connectivity index (χ3n) is 3.82. The second kappa shape index (κ2) is 14.2. The zero-order valence-electron chi connectivity index (χ0n) is 23.5. The number of amides is 1. The number of phenols is 1. The Morgan fingerprint density at radius 2 is 1.82 bits per heavy atom. The number of hydrogen-bond acceptors (Lipinski definition) is 7. The molecule has 0 saturated heterocycles. The molecule has 2 aromatic carbocycles. The Bertz CT molecular complexity index is 1160. The summed E-state index contributed by atoms with van der Waals surface area (Å²) in [6.45, 7) is -3.59. The molecule has 0 saturated carbocycles. The minimum atomic E-state index is -3.10. The molecule has 0 radical (unpaired) electrons. The molecule has 0 heterocycles. The summed E-state index contributed by atoms with van der Waals surface area (Å²) in [7, 11) is 1.43. The standard InChI is InChI=1S/C19H24N2O4.C4H4O4/c1-13(9-14-3-6-16(25-2)7-4-14)20-11-19(24)15-5-8-18(23)17(10-15)21-12-22;5-3(6)1-2-4(7)8/h3-8,10,12-13,19-20,23-24H,9,11H2,1-2H3,(H,21,22);1-2H,(H,5,6)(H,7,8)/b;2-1+/t13?,19-;/m1./s1/i1D3,9D2,13D;. The van der Waals surface area contributed by atoms with Gasteiger partial charge in [0.1, 0.15) is 11.5 Å². The van der Waals surface area contributed by atoms with E-state index in [1.807, 2.05) is 0 Å². The Kier molecular flexibility index (Phi) is 8.04. The molecule has 6 N–H and O–H groups in total. The number of aliphatic carboxylic acids is 2. The summed E-state index contributed by atoms with van der Waals surface area (Å²) in [4.78, 5) is 29.7. The van der Waals surface area contributed by atoms with Gasteiger partial charge >= 0.3 is 11.9 Å². The SMILES string of the molecule is O=C(O)/C=C/C(=O)O.[2H]C([2H])([2H])C([2H])(NC[C@@H](O)c1ccc(O)c(NC=O)c1)C([2H])([2H])c1ccc(OC)cc1. The first kappa shape index (κ1) is 18.7. The molecule has 178 valence electrons.